The molecule has 1 spiro atoms. The van der Waals surface area contributed by atoms with E-state index >= 15 is 0 Å². The number of hydrogen-bond donors (Lipinski definition) is 2. The second-order valence-corrected chi connectivity index (χ2v) is 16.4. The highest BCUT2D eigenvalue weighted by Gasteiger charge is 2.54. The van der Waals surface area contributed by atoms with Gasteiger partial charge < -0.3 is 19.4 Å². The molecule has 238 valence electrons. The van der Waals surface area contributed by atoms with Crippen molar-refractivity contribution >= 4 is 33.4 Å². The smallest absolute Gasteiger partial charge is 0.410 e. The molecule has 43 heavy (non-hydrogen) atoms. The average Bonchev–Trinajstić information content (AvgIpc) is 3.72. The minimum Gasteiger partial charge on any atom is -0.444 e. The van der Waals surface area contributed by atoms with Crippen LogP contribution in [0.25, 0.3) is 0 Å². The Hall–Kier alpha value is -2.86. The summed E-state index contributed by atoms with van der Waals surface area (Å²) in [6.07, 6.45) is 4.29. The Morgan fingerprint density at radius 1 is 0.953 bits per heavy atom. The van der Waals surface area contributed by atoms with Crippen molar-refractivity contribution in [1.82, 2.24) is 15.3 Å². The van der Waals surface area contributed by atoms with Crippen molar-refractivity contribution in [2.45, 2.75) is 87.9 Å². The average molecular weight is 619 g/mol. The number of nitrogens with one attached hydrogen (secondary N) is 1. The largest absolute Gasteiger partial charge is 0.444 e. The molecule has 1 aromatic carbocycles. The molecule has 4 fully saturated rings. The first-order valence-corrected chi connectivity index (χ1v) is 17.0. The lowest BCUT2D eigenvalue weighted by Crippen LogP contribution is -2.58. The van der Waals surface area contributed by atoms with Crippen LogP contribution in [-0.2, 0) is 24.2 Å². The number of nitrogens with zero attached hydrogens (tertiary/aromatic N) is 3. The molecule has 0 aromatic heterocycles. The van der Waals surface area contributed by atoms with E-state index in [4.69, 9.17) is 4.74 Å². The molecule has 2 N–H and O–H groups in total. The zero-order chi connectivity index (χ0) is 31.2. The molecule has 3 saturated heterocycles. The van der Waals surface area contributed by atoms with Crippen LogP contribution in [-0.4, -0.2) is 90.9 Å². The maximum absolute atomic E-state index is 13.9. The minimum atomic E-state index is -4.23. The monoisotopic (exact) mass is 618 g/mol. The van der Waals surface area contributed by atoms with Crippen LogP contribution >= 0.6 is 0 Å². The van der Waals surface area contributed by atoms with Crippen molar-refractivity contribution in [3.8, 4) is 0 Å². The lowest BCUT2D eigenvalue weighted by Gasteiger charge is -2.41. The Morgan fingerprint density at radius 3 is 2.09 bits per heavy atom. The van der Waals surface area contributed by atoms with E-state index in [-0.39, 0.29) is 42.7 Å². The third-order valence-electron chi connectivity index (χ3n) is 9.72. The van der Waals surface area contributed by atoms with E-state index in [1.165, 1.54) is 36.3 Å². The molecule has 1 aromatic rings. The van der Waals surface area contributed by atoms with Gasteiger partial charge in [-0.3, -0.25) is 14.8 Å². The van der Waals surface area contributed by atoms with Gasteiger partial charge in [0.25, 0.3) is 5.91 Å². The Bertz CT molecular complexity index is 1320. The maximum Gasteiger partial charge on any atom is 0.410 e. The Balaban J connectivity index is 1.22. The van der Waals surface area contributed by atoms with Crippen LogP contribution in [0, 0.1) is 17.3 Å². The van der Waals surface area contributed by atoms with Gasteiger partial charge in [-0.25, -0.2) is 18.7 Å². The fourth-order valence-corrected chi connectivity index (χ4v) is 9.18. The number of likely N-dealkylation sites (tertiary alicyclic amines) is 2. The van der Waals surface area contributed by atoms with Gasteiger partial charge in [0.1, 0.15) is 5.60 Å². The highest BCUT2D eigenvalue weighted by Crippen LogP contribution is 2.53. The van der Waals surface area contributed by atoms with Gasteiger partial charge in [-0.2, -0.15) is 0 Å². The van der Waals surface area contributed by atoms with Crippen molar-refractivity contribution < 1.29 is 32.7 Å². The molecule has 1 aliphatic carbocycles. The number of carbonyl (C=O) groups excluding carboxylic acids is 3. The van der Waals surface area contributed by atoms with Gasteiger partial charge in [-0.1, -0.05) is 6.92 Å². The van der Waals surface area contributed by atoms with Crippen LogP contribution in [0.2, 0.25) is 0 Å². The summed E-state index contributed by atoms with van der Waals surface area (Å²) in [6, 6.07) is 6.47. The molecule has 1 unspecified atom stereocenters. The van der Waals surface area contributed by atoms with Crippen LogP contribution in [0.5, 0.6) is 0 Å². The standard InChI is InChI=1S/C31H46N4O7S/c1-22-19-30(11-12-30)21-35(20-22)26(36)23-9-15-33(16-10-23)24-5-7-25(8-6-24)43(40,41)31(27(37)32-39)13-17-34(18-14-31)28(38)42-29(2,3)4/h5-8,22-23,39H,9-21H2,1-4H3,(H,32,37). The normalized spacial score (nSPS) is 24.0. The number of hydroxylamine groups is 1. The minimum absolute atomic E-state index is 0.00929. The summed E-state index contributed by atoms with van der Waals surface area (Å²) in [5.74, 6) is -0.164. The number of benzene rings is 1. The van der Waals surface area contributed by atoms with Crippen LogP contribution < -0.4 is 10.4 Å². The molecule has 3 heterocycles. The third-order valence-corrected chi connectivity index (χ3v) is 12.2. The summed E-state index contributed by atoms with van der Waals surface area (Å²) in [5, 5.41) is 9.49. The Kier molecular flexibility index (Phi) is 8.49. The number of anilines is 1. The number of ether oxygens (including phenoxy) is 1. The van der Waals surface area contributed by atoms with Gasteiger partial charge in [-0.05, 0) is 101 Å². The van der Waals surface area contributed by atoms with E-state index < -0.39 is 32.2 Å². The van der Waals surface area contributed by atoms with Crippen LogP contribution in [0.4, 0.5) is 10.5 Å². The molecule has 0 radical (unpaired) electrons. The summed E-state index contributed by atoms with van der Waals surface area (Å²) in [6.45, 7) is 10.6. The second-order valence-electron chi connectivity index (χ2n) is 14.2. The van der Waals surface area contributed by atoms with Gasteiger partial charge in [0, 0.05) is 50.9 Å². The van der Waals surface area contributed by atoms with Crippen molar-refractivity contribution in [2.24, 2.45) is 17.3 Å². The van der Waals surface area contributed by atoms with Crippen molar-refractivity contribution in [1.29, 1.82) is 0 Å². The zero-order valence-electron chi connectivity index (χ0n) is 25.8. The Labute approximate surface area is 254 Å². The number of amides is 3. The molecule has 4 aliphatic rings. The van der Waals surface area contributed by atoms with Crippen LogP contribution in [0.15, 0.2) is 29.2 Å². The van der Waals surface area contributed by atoms with Gasteiger partial charge >= 0.3 is 6.09 Å². The summed E-state index contributed by atoms with van der Waals surface area (Å²) >= 11 is 0. The number of carbonyl (C=O) groups is 3. The predicted molar refractivity (Wildman–Crippen MR) is 160 cm³/mol. The molecule has 1 atom stereocenters. The maximum atomic E-state index is 13.9. The van der Waals surface area contributed by atoms with E-state index in [2.05, 4.69) is 16.7 Å². The van der Waals surface area contributed by atoms with Gasteiger partial charge in [0.2, 0.25) is 5.91 Å². The first kappa shape index (κ1) is 31.6. The molecule has 3 aliphatic heterocycles. The van der Waals surface area contributed by atoms with E-state index in [9.17, 15) is 28.0 Å². The summed E-state index contributed by atoms with van der Waals surface area (Å²) in [4.78, 5) is 44.4. The zero-order valence-corrected chi connectivity index (χ0v) is 26.6. The van der Waals surface area contributed by atoms with Gasteiger partial charge in [-0.15, -0.1) is 0 Å². The van der Waals surface area contributed by atoms with Crippen LogP contribution in [0.1, 0.15) is 72.6 Å². The quantitative estimate of drug-likeness (QED) is 0.378. The lowest BCUT2D eigenvalue weighted by atomic mass is 9.86. The Morgan fingerprint density at radius 2 is 1.56 bits per heavy atom. The number of hydrogen-bond acceptors (Lipinski definition) is 8. The lowest BCUT2D eigenvalue weighted by molar-refractivity contribution is -0.139. The van der Waals surface area contributed by atoms with Crippen LogP contribution in [0.3, 0.4) is 0 Å². The topological polar surface area (TPSA) is 137 Å². The SMILES string of the molecule is CC1CN(C(=O)C2CCN(c3ccc(S(=O)(=O)C4(C(=O)NO)CCN(C(=O)OC(C)(C)C)CC4)cc3)CC2)CC2(CC2)C1. The summed E-state index contributed by atoms with van der Waals surface area (Å²) < 4.78 is 31.2. The first-order valence-electron chi connectivity index (χ1n) is 15.5. The predicted octanol–water partition coefficient (Wildman–Crippen LogP) is 3.60. The molecular weight excluding hydrogens is 572 g/mol. The van der Waals surface area contributed by atoms with Gasteiger partial charge in [0.05, 0.1) is 4.90 Å². The van der Waals surface area contributed by atoms with Crippen molar-refractivity contribution in [3.63, 3.8) is 0 Å². The second kappa shape index (κ2) is 11.6. The number of piperidine rings is 3. The first-order chi connectivity index (χ1) is 20.2. The van der Waals surface area contributed by atoms with Gasteiger partial charge in [0.15, 0.2) is 14.6 Å². The molecule has 1 saturated carbocycles. The molecule has 5 rings (SSSR count). The highest BCUT2D eigenvalue weighted by atomic mass is 32.2. The highest BCUT2D eigenvalue weighted by molar-refractivity contribution is 7.93. The summed E-state index contributed by atoms with van der Waals surface area (Å²) in [7, 11) is -4.23. The van der Waals surface area contributed by atoms with E-state index in [1.54, 1.807) is 38.4 Å². The van der Waals surface area contributed by atoms with E-state index in [1.807, 2.05) is 0 Å². The molecular formula is C31H46N4O7S. The molecule has 12 heteroatoms. The molecule has 11 nitrogen and oxygen atoms in total. The fraction of sp³-hybridized carbons (Fsp3) is 0.710. The fourth-order valence-electron chi connectivity index (χ4n) is 7.22. The number of rotatable bonds is 5. The summed E-state index contributed by atoms with van der Waals surface area (Å²) in [5.41, 5.74) is 2.07. The number of sulfone groups is 1. The van der Waals surface area contributed by atoms with Crippen molar-refractivity contribution in [2.75, 3.05) is 44.2 Å². The molecule has 0 bridgehead atoms. The van der Waals surface area contributed by atoms with Crippen molar-refractivity contribution in [3.05, 3.63) is 24.3 Å². The van der Waals surface area contributed by atoms with E-state index in [0.29, 0.717) is 24.4 Å². The van der Waals surface area contributed by atoms with E-state index in [0.717, 1.165) is 31.6 Å². The molecule has 3 amide bonds. The third kappa shape index (κ3) is 6.36.